The minimum atomic E-state index is -0.0976. The number of carbonyl (C=O) groups excluding carboxylic acids is 2. The summed E-state index contributed by atoms with van der Waals surface area (Å²) in [6.07, 6.45) is 5.53. The number of carbonyl (C=O) groups is 2. The summed E-state index contributed by atoms with van der Waals surface area (Å²) in [5.41, 5.74) is 1.22. The Balaban J connectivity index is 1.22. The van der Waals surface area contributed by atoms with E-state index in [1.54, 1.807) is 36.8 Å². The third-order valence-corrected chi connectivity index (χ3v) is 5.63. The molecule has 8 nitrogen and oxygen atoms in total. The van der Waals surface area contributed by atoms with Crippen LogP contribution in [0.5, 0.6) is 5.75 Å². The predicted octanol–water partition coefficient (Wildman–Crippen LogP) is 2.75. The minimum absolute atomic E-state index is 0.00954. The number of benzene rings is 2. The maximum Gasteiger partial charge on any atom is 0.254 e. The Bertz CT molecular complexity index is 1030. The first-order valence-electron chi connectivity index (χ1n) is 11.2. The maximum atomic E-state index is 13.0. The number of imidazole rings is 1. The van der Waals surface area contributed by atoms with Crippen LogP contribution in [0.3, 0.4) is 0 Å². The molecule has 0 bridgehead atoms. The first-order valence-corrected chi connectivity index (χ1v) is 11.2. The molecule has 1 aromatic heterocycles. The van der Waals surface area contributed by atoms with Crippen LogP contribution in [-0.2, 0) is 11.3 Å². The summed E-state index contributed by atoms with van der Waals surface area (Å²) in [4.78, 5) is 33.4. The monoisotopic (exact) mass is 447 g/mol. The van der Waals surface area contributed by atoms with Gasteiger partial charge in [0.2, 0.25) is 5.91 Å². The zero-order chi connectivity index (χ0) is 22.9. The predicted molar refractivity (Wildman–Crippen MR) is 126 cm³/mol. The van der Waals surface area contributed by atoms with Gasteiger partial charge in [-0.1, -0.05) is 24.3 Å². The van der Waals surface area contributed by atoms with Crippen LogP contribution in [0.25, 0.3) is 0 Å². The van der Waals surface area contributed by atoms with E-state index < -0.39 is 0 Å². The van der Waals surface area contributed by atoms with Gasteiger partial charge < -0.3 is 19.5 Å². The molecule has 1 aliphatic heterocycles. The van der Waals surface area contributed by atoms with Crippen LogP contribution in [-0.4, -0.2) is 70.5 Å². The Morgan fingerprint density at radius 1 is 0.970 bits per heavy atom. The van der Waals surface area contributed by atoms with Gasteiger partial charge in [-0.2, -0.15) is 0 Å². The number of nitrogens with zero attached hydrogens (tertiary/aromatic N) is 4. The van der Waals surface area contributed by atoms with Crippen LogP contribution >= 0.6 is 0 Å². The highest BCUT2D eigenvalue weighted by atomic mass is 16.5. The van der Waals surface area contributed by atoms with Crippen molar-refractivity contribution >= 4 is 17.5 Å². The normalized spacial score (nSPS) is 14.1. The number of ether oxygens (including phenoxy) is 1. The first kappa shape index (κ1) is 22.5. The smallest absolute Gasteiger partial charge is 0.254 e. The van der Waals surface area contributed by atoms with Gasteiger partial charge in [0.15, 0.2) is 0 Å². The largest absolute Gasteiger partial charge is 0.492 e. The Morgan fingerprint density at radius 3 is 2.55 bits per heavy atom. The molecule has 0 spiro atoms. The van der Waals surface area contributed by atoms with Crippen molar-refractivity contribution in [3.63, 3.8) is 0 Å². The quantitative estimate of drug-likeness (QED) is 0.546. The Hall–Kier alpha value is -3.65. The molecule has 3 aromatic rings. The number of nitrogens with one attached hydrogen (secondary N) is 1. The summed E-state index contributed by atoms with van der Waals surface area (Å²) in [7, 11) is 0. The molecule has 172 valence electrons. The van der Waals surface area contributed by atoms with Crippen molar-refractivity contribution in [3.8, 4) is 5.75 Å². The second kappa shape index (κ2) is 11.3. The van der Waals surface area contributed by atoms with Gasteiger partial charge >= 0.3 is 0 Å². The highest BCUT2D eigenvalue weighted by molar-refractivity contribution is 5.97. The molecule has 1 aliphatic rings. The lowest BCUT2D eigenvalue weighted by Gasteiger charge is -2.34. The molecule has 0 atom stereocenters. The summed E-state index contributed by atoms with van der Waals surface area (Å²) in [6, 6.07) is 16.9. The van der Waals surface area contributed by atoms with E-state index in [0.29, 0.717) is 43.9 Å². The fourth-order valence-corrected chi connectivity index (χ4v) is 3.77. The van der Waals surface area contributed by atoms with Crippen molar-refractivity contribution in [1.29, 1.82) is 0 Å². The van der Waals surface area contributed by atoms with E-state index in [9.17, 15) is 9.59 Å². The molecule has 2 heterocycles. The maximum absolute atomic E-state index is 13.0. The molecule has 1 fully saturated rings. The van der Waals surface area contributed by atoms with Gasteiger partial charge in [-0.05, 0) is 30.3 Å². The molecule has 33 heavy (non-hydrogen) atoms. The Morgan fingerprint density at radius 2 is 1.79 bits per heavy atom. The number of rotatable bonds is 9. The van der Waals surface area contributed by atoms with E-state index in [2.05, 4.69) is 15.2 Å². The molecule has 8 heteroatoms. The summed E-state index contributed by atoms with van der Waals surface area (Å²) in [6.45, 7) is 4.99. The number of hydrogen-bond acceptors (Lipinski definition) is 5. The van der Waals surface area contributed by atoms with Crippen molar-refractivity contribution in [1.82, 2.24) is 19.4 Å². The van der Waals surface area contributed by atoms with E-state index >= 15 is 0 Å². The van der Waals surface area contributed by atoms with E-state index in [-0.39, 0.29) is 11.8 Å². The van der Waals surface area contributed by atoms with Gasteiger partial charge in [0.25, 0.3) is 5.91 Å². The molecular weight excluding hydrogens is 418 g/mol. The first-order chi connectivity index (χ1) is 16.2. The standard InChI is InChI=1S/C25H29N5O3/c31-24(9-11-29-12-10-26-20-29)27-22-6-4-5-21(19-22)25(32)30-15-13-28(14-16-30)17-18-33-23-7-2-1-3-8-23/h1-8,10,12,19-20H,9,11,13-18H2,(H,27,31). The number of aryl methyl sites for hydroxylation is 1. The molecule has 0 saturated carbocycles. The number of piperazine rings is 1. The summed E-state index contributed by atoms with van der Waals surface area (Å²) >= 11 is 0. The second-order valence-corrected chi connectivity index (χ2v) is 7.97. The third-order valence-electron chi connectivity index (χ3n) is 5.63. The zero-order valence-electron chi connectivity index (χ0n) is 18.6. The number of aromatic nitrogens is 2. The lowest BCUT2D eigenvalue weighted by Crippen LogP contribution is -2.49. The fourth-order valence-electron chi connectivity index (χ4n) is 3.77. The van der Waals surface area contributed by atoms with Gasteiger partial charge in [0.05, 0.1) is 6.33 Å². The van der Waals surface area contributed by atoms with Crippen molar-refractivity contribution in [2.75, 3.05) is 44.6 Å². The molecule has 0 radical (unpaired) electrons. The number of anilines is 1. The van der Waals surface area contributed by atoms with E-state index in [1.807, 2.05) is 46.0 Å². The highest BCUT2D eigenvalue weighted by Crippen LogP contribution is 2.15. The highest BCUT2D eigenvalue weighted by Gasteiger charge is 2.22. The van der Waals surface area contributed by atoms with E-state index in [1.165, 1.54) is 0 Å². The van der Waals surface area contributed by atoms with Crippen molar-refractivity contribution in [2.24, 2.45) is 0 Å². The van der Waals surface area contributed by atoms with Crippen molar-refractivity contribution in [3.05, 3.63) is 78.9 Å². The lowest BCUT2D eigenvalue weighted by atomic mass is 10.1. The van der Waals surface area contributed by atoms with Gasteiger partial charge in [0, 0.05) is 69.3 Å². The minimum Gasteiger partial charge on any atom is -0.492 e. The molecule has 1 saturated heterocycles. The van der Waals surface area contributed by atoms with E-state index in [4.69, 9.17) is 4.74 Å². The van der Waals surface area contributed by atoms with Crippen LogP contribution in [0.15, 0.2) is 73.3 Å². The average molecular weight is 448 g/mol. The van der Waals surface area contributed by atoms with Gasteiger partial charge in [0.1, 0.15) is 12.4 Å². The van der Waals surface area contributed by atoms with Gasteiger partial charge in [-0.3, -0.25) is 14.5 Å². The van der Waals surface area contributed by atoms with Gasteiger partial charge in [-0.25, -0.2) is 4.98 Å². The Labute approximate surface area is 193 Å². The van der Waals surface area contributed by atoms with Crippen LogP contribution in [0.2, 0.25) is 0 Å². The molecular formula is C25H29N5O3. The molecule has 2 amide bonds. The topological polar surface area (TPSA) is 79.7 Å². The van der Waals surface area contributed by atoms with E-state index in [0.717, 1.165) is 25.4 Å². The summed E-state index contributed by atoms with van der Waals surface area (Å²) in [5.74, 6) is 0.768. The second-order valence-electron chi connectivity index (χ2n) is 7.97. The number of para-hydroxylation sites is 1. The molecule has 0 unspecified atom stereocenters. The molecule has 1 N–H and O–H groups in total. The molecule has 4 rings (SSSR count). The van der Waals surface area contributed by atoms with Crippen LogP contribution in [0, 0.1) is 0 Å². The summed E-state index contributed by atoms with van der Waals surface area (Å²) in [5, 5.41) is 2.88. The van der Waals surface area contributed by atoms with Crippen LogP contribution in [0.1, 0.15) is 16.8 Å². The number of hydrogen-bond donors (Lipinski definition) is 1. The Kier molecular flexibility index (Phi) is 7.71. The summed E-state index contributed by atoms with van der Waals surface area (Å²) < 4.78 is 7.63. The SMILES string of the molecule is O=C(CCn1ccnc1)Nc1cccc(C(=O)N2CCN(CCOc3ccccc3)CC2)c1. The third kappa shape index (κ3) is 6.66. The van der Waals surface area contributed by atoms with Crippen LogP contribution < -0.4 is 10.1 Å². The van der Waals surface area contributed by atoms with Gasteiger partial charge in [-0.15, -0.1) is 0 Å². The van der Waals surface area contributed by atoms with Crippen molar-refractivity contribution < 1.29 is 14.3 Å². The molecule has 0 aliphatic carbocycles. The molecule has 2 aromatic carbocycles. The lowest BCUT2D eigenvalue weighted by molar-refractivity contribution is -0.116. The van der Waals surface area contributed by atoms with Crippen molar-refractivity contribution in [2.45, 2.75) is 13.0 Å². The average Bonchev–Trinajstić information content (AvgIpc) is 3.37. The number of amides is 2. The van der Waals surface area contributed by atoms with Crippen LogP contribution in [0.4, 0.5) is 5.69 Å². The zero-order valence-corrected chi connectivity index (χ0v) is 18.6. The fraction of sp³-hybridized carbons (Fsp3) is 0.320.